The molecule has 0 saturated carbocycles. The first-order valence-corrected chi connectivity index (χ1v) is 6.69. The summed E-state index contributed by atoms with van der Waals surface area (Å²) in [7, 11) is 0. The average Bonchev–Trinajstić information content (AvgIpc) is 2.64. The second kappa shape index (κ2) is 6.37. The Hall–Kier alpha value is -0.130. The molecule has 1 rings (SSSR count). The Bertz CT molecular complexity index is 236. The minimum absolute atomic E-state index is 0.588. The molecular weight excluding hydrogens is 214 g/mol. The van der Waals surface area contributed by atoms with Crippen molar-refractivity contribution in [3.8, 4) is 0 Å². The molecule has 0 aliphatic carbocycles. The van der Waals surface area contributed by atoms with Crippen molar-refractivity contribution in [3.05, 3.63) is 5.51 Å². The molecule has 0 radical (unpaired) electrons. The van der Waals surface area contributed by atoms with E-state index < -0.39 is 0 Å². The van der Waals surface area contributed by atoms with E-state index in [1.165, 1.54) is 0 Å². The summed E-state index contributed by atoms with van der Waals surface area (Å²) >= 11 is 3.36. The molecule has 1 N–H and O–H groups in total. The highest BCUT2D eigenvalue weighted by molar-refractivity contribution is 8.01. The molecule has 0 bridgehead atoms. The molecule has 14 heavy (non-hydrogen) atoms. The van der Waals surface area contributed by atoms with Crippen LogP contribution in [0, 0.1) is 5.92 Å². The number of nitrogens with one attached hydrogen (secondary N) is 1. The van der Waals surface area contributed by atoms with Gasteiger partial charge in [-0.1, -0.05) is 36.9 Å². The van der Waals surface area contributed by atoms with E-state index in [9.17, 15) is 0 Å². The van der Waals surface area contributed by atoms with E-state index in [1.807, 2.05) is 0 Å². The van der Waals surface area contributed by atoms with Crippen LogP contribution in [0.1, 0.15) is 20.8 Å². The van der Waals surface area contributed by atoms with Crippen molar-refractivity contribution >= 4 is 23.1 Å². The van der Waals surface area contributed by atoms with Crippen LogP contribution in [0.15, 0.2) is 9.85 Å². The van der Waals surface area contributed by atoms with Crippen LogP contribution in [-0.4, -0.2) is 28.5 Å². The van der Waals surface area contributed by atoms with Crippen LogP contribution in [0.4, 0.5) is 0 Å². The lowest BCUT2D eigenvalue weighted by atomic mass is 10.1. The Morgan fingerprint density at radius 1 is 1.50 bits per heavy atom. The fraction of sp³-hybridized carbons (Fsp3) is 0.778. The SMILES string of the molecule is CC(C)C(C)NCCSc1nncs1. The lowest BCUT2D eigenvalue weighted by molar-refractivity contribution is 0.438. The van der Waals surface area contributed by atoms with E-state index in [-0.39, 0.29) is 0 Å². The Kier molecular flexibility index (Phi) is 5.44. The Labute approximate surface area is 93.7 Å². The van der Waals surface area contributed by atoms with Crippen molar-refractivity contribution in [1.82, 2.24) is 15.5 Å². The maximum absolute atomic E-state index is 3.97. The Morgan fingerprint density at radius 2 is 2.29 bits per heavy atom. The molecule has 0 aliphatic heterocycles. The highest BCUT2D eigenvalue weighted by Gasteiger charge is 2.05. The van der Waals surface area contributed by atoms with Gasteiger partial charge in [-0.25, -0.2) is 0 Å². The van der Waals surface area contributed by atoms with E-state index >= 15 is 0 Å². The van der Waals surface area contributed by atoms with Crippen LogP contribution in [0.5, 0.6) is 0 Å². The molecule has 0 amide bonds. The molecule has 1 atom stereocenters. The molecule has 0 aliphatic rings. The summed E-state index contributed by atoms with van der Waals surface area (Å²) in [6.07, 6.45) is 0. The minimum atomic E-state index is 0.588. The number of aromatic nitrogens is 2. The van der Waals surface area contributed by atoms with Crippen LogP contribution in [0.3, 0.4) is 0 Å². The van der Waals surface area contributed by atoms with Crippen LogP contribution in [-0.2, 0) is 0 Å². The van der Waals surface area contributed by atoms with Gasteiger partial charge >= 0.3 is 0 Å². The second-order valence-corrected chi connectivity index (χ2v) is 5.72. The average molecular weight is 231 g/mol. The third-order valence-corrected chi connectivity index (χ3v) is 4.00. The zero-order valence-electron chi connectivity index (χ0n) is 8.86. The van der Waals surface area contributed by atoms with Gasteiger partial charge in [0.25, 0.3) is 0 Å². The van der Waals surface area contributed by atoms with E-state index in [2.05, 4.69) is 36.3 Å². The summed E-state index contributed by atoms with van der Waals surface area (Å²) in [4.78, 5) is 0. The van der Waals surface area contributed by atoms with Gasteiger partial charge in [-0.3, -0.25) is 0 Å². The number of nitrogens with zero attached hydrogens (tertiary/aromatic N) is 2. The summed E-state index contributed by atoms with van der Waals surface area (Å²) in [6, 6.07) is 0.588. The van der Waals surface area contributed by atoms with Crippen molar-refractivity contribution in [1.29, 1.82) is 0 Å². The standard InChI is InChI=1S/C9H17N3S2/c1-7(2)8(3)10-4-5-13-9-12-11-6-14-9/h6-8,10H,4-5H2,1-3H3. The van der Waals surface area contributed by atoms with Gasteiger partial charge in [-0.15, -0.1) is 10.2 Å². The minimum Gasteiger partial charge on any atom is -0.313 e. The van der Waals surface area contributed by atoms with Crippen LogP contribution in [0.2, 0.25) is 0 Å². The van der Waals surface area contributed by atoms with Crippen molar-refractivity contribution in [2.45, 2.75) is 31.2 Å². The summed E-state index contributed by atoms with van der Waals surface area (Å²) < 4.78 is 1.06. The first kappa shape index (κ1) is 11.9. The van der Waals surface area contributed by atoms with Gasteiger partial charge in [0.2, 0.25) is 0 Å². The summed E-state index contributed by atoms with van der Waals surface area (Å²) in [5.74, 6) is 1.76. The van der Waals surface area contributed by atoms with E-state index in [1.54, 1.807) is 28.6 Å². The van der Waals surface area contributed by atoms with Crippen LogP contribution in [0.25, 0.3) is 0 Å². The summed E-state index contributed by atoms with van der Waals surface area (Å²) in [5, 5.41) is 11.2. The first-order chi connectivity index (χ1) is 6.70. The van der Waals surface area contributed by atoms with Gasteiger partial charge in [-0.2, -0.15) is 0 Å². The van der Waals surface area contributed by atoms with E-state index in [0.717, 1.165) is 16.6 Å². The molecule has 1 aromatic heterocycles. The third-order valence-electron chi connectivity index (χ3n) is 2.13. The Balaban J connectivity index is 2.05. The van der Waals surface area contributed by atoms with Crippen molar-refractivity contribution in [2.24, 2.45) is 5.92 Å². The van der Waals surface area contributed by atoms with Gasteiger partial charge in [0, 0.05) is 18.3 Å². The van der Waals surface area contributed by atoms with E-state index in [0.29, 0.717) is 12.0 Å². The molecule has 0 saturated heterocycles. The van der Waals surface area contributed by atoms with Gasteiger partial charge in [-0.05, 0) is 12.8 Å². The maximum Gasteiger partial charge on any atom is 0.174 e. The molecule has 5 heteroatoms. The zero-order valence-corrected chi connectivity index (χ0v) is 10.5. The van der Waals surface area contributed by atoms with Gasteiger partial charge in [0.1, 0.15) is 5.51 Å². The second-order valence-electron chi connectivity index (χ2n) is 3.54. The van der Waals surface area contributed by atoms with Gasteiger partial charge in [0.05, 0.1) is 0 Å². The lowest BCUT2D eigenvalue weighted by Crippen LogP contribution is -2.32. The topological polar surface area (TPSA) is 37.8 Å². The van der Waals surface area contributed by atoms with E-state index in [4.69, 9.17) is 0 Å². The number of rotatable bonds is 6. The highest BCUT2D eigenvalue weighted by Crippen LogP contribution is 2.17. The van der Waals surface area contributed by atoms with Crippen LogP contribution >= 0.6 is 23.1 Å². The smallest absolute Gasteiger partial charge is 0.174 e. The summed E-state index contributed by atoms with van der Waals surface area (Å²) in [5.41, 5.74) is 1.77. The fourth-order valence-electron chi connectivity index (χ4n) is 0.886. The lowest BCUT2D eigenvalue weighted by Gasteiger charge is -2.16. The quantitative estimate of drug-likeness (QED) is 0.602. The van der Waals surface area contributed by atoms with Crippen molar-refractivity contribution in [2.75, 3.05) is 12.3 Å². The molecule has 0 fully saturated rings. The predicted octanol–water partition coefficient (Wildman–Crippen LogP) is 2.26. The monoisotopic (exact) mass is 231 g/mol. The fourth-order valence-corrected chi connectivity index (χ4v) is 2.32. The van der Waals surface area contributed by atoms with Gasteiger partial charge in [0.15, 0.2) is 4.34 Å². The van der Waals surface area contributed by atoms with Gasteiger partial charge < -0.3 is 5.32 Å². The Morgan fingerprint density at radius 3 is 2.86 bits per heavy atom. The third kappa shape index (κ3) is 4.39. The number of thioether (sulfide) groups is 1. The maximum atomic E-state index is 3.97. The number of hydrogen-bond acceptors (Lipinski definition) is 5. The molecule has 80 valence electrons. The van der Waals surface area contributed by atoms with Crippen LogP contribution < -0.4 is 5.32 Å². The molecule has 0 spiro atoms. The van der Waals surface area contributed by atoms with Crippen molar-refractivity contribution < 1.29 is 0 Å². The molecule has 1 aromatic rings. The molecule has 0 aromatic carbocycles. The normalized spacial score (nSPS) is 13.4. The number of hydrogen-bond donors (Lipinski definition) is 1. The predicted molar refractivity (Wildman–Crippen MR) is 62.9 cm³/mol. The highest BCUT2D eigenvalue weighted by atomic mass is 32.2. The summed E-state index contributed by atoms with van der Waals surface area (Å²) in [6.45, 7) is 7.72. The molecule has 1 heterocycles. The first-order valence-electron chi connectivity index (χ1n) is 4.82. The molecule has 1 unspecified atom stereocenters. The van der Waals surface area contributed by atoms with Crippen molar-refractivity contribution in [3.63, 3.8) is 0 Å². The molecule has 3 nitrogen and oxygen atoms in total. The zero-order chi connectivity index (χ0) is 10.4. The molecular formula is C9H17N3S2. The largest absolute Gasteiger partial charge is 0.313 e.